The minimum atomic E-state index is 0.647. The number of hydrogen-bond acceptors (Lipinski definition) is 2. The van der Waals surface area contributed by atoms with Crippen molar-refractivity contribution in [3.63, 3.8) is 0 Å². The van der Waals surface area contributed by atoms with Crippen LogP contribution >= 0.6 is 0 Å². The maximum absolute atomic E-state index is 5.06. The fraction of sp³-hybridized carbons (Fsp3) is 0.833. The number of anilines is 1. The lowest BCUT2D eigenvalue weighted by Gasteiger charge is -2.30. The van der Waals surface area contributed by atoms with Crippen LogP contribution in [0.2, 0.25) is 0 Å². The molecule has 0 aromatic carbocycles. The maximum atomic E-state index is 5.06. The van der Waals surface area contributed by atoms with Crippen LogP contribution in [-0.4, -0.2) is 16.3 Å². The molecule has 1 aromatic rings. The maximum Gasteiger partial charge on any atom is 0.124 e. The van der Waals surface area contributed by atoms with Gasteiger partial charge in [0.25, 0.3) is 0 Å². The molecule has 1 aliphatic heterocycles. The molecule has 0 saturated heterocycles. The molecule has 2 aliphatic rings. The summed E-state index contributed by atoms with van der Waals surface area (Å²) in [6.07, 6.45) is 12.0. The molecule has 2 unspecified atom stereocenters. The molecule has 1 N–H and O–H groups in total. The van der Waals surface area contributed by atoms with Crippen molar-refractivity contribution < 1.29 is 0 Å². The van der Waals surface area contributed by atoms with E-state index in [1.807, 2.05) is 0 Å². The highest BCUT2D eigenvalue weighted by Crippen LogP contribution is 2.40. The minimum Gasteiger partial charge on any atom is -0.370 e. The smallest absolute Gasteiger partial charge is 0.124 e. The van der Waals surface area contributed by atoms with Gasteiger partial charge in [-0.25, -0.2) is 4.68 Å². The third-order valence-electron chi connectivity index (χ3n) is 5.58. The van der Waals surface area contributed by atoms with Gasteiger partial charge >= 0.3 is 0 Å². The van der Waals surface area contributed by atoms with Crippen molar-refractivity contribution in [3.8, 4) is 0 Å². The van der Waals surface area contributed by atoms with Crippen LogP contribution in [0.5, 0.6) is 0 Å². The quantitative estimate of drug-likeness (QED) is 0.788. The Morgan fingerprint density at radius 1 is 1.29 bits per heavy atom. The Morgan fingerprint density at radius 2 is 2.10 bits per heavy atom. The highest BCUT2D eigenvalue weighted by molar-refractivity contribution is 5.40. The monoisotopic (exact) mass is 289 g/mol. The molecule has 1 aromatic heterocycles. The molecule has 2 atom stereocenters. The number of nitrogens with one attached hydrogen (secondary N) is 1. The fourth-order valence-corrected chi connectivity index (χ4v) is 4.26. The molecule has 1 fully saturated rings. The van der Waals surface area contributed by atoms with Gasteiger partial charge in [0.15, 0.2) is 0 Å². The SMILES string of the molecule is CCCCC(CC)c1cc2n(n1)C(C1CCCC1)CCN2. The van der Waals surface area contributed by atoms with Crippen LogP contribution in [0.1, 0.15) is 89.3 Å². The zero-order valence-electron chi connectivity index (χ0n) is 13.8. The first kappa shape index (κ1) is 14.9. The predicted octanol–water partition coefficient (Wildman–Crippen LogP) is 5.11. The van der Waals surface area contributed by atoms with E-state index in [1.54, 1.807) is 0 Å². The van der Waals surface area contributed by atoms with Gasteiger partial charge in [-0.2, -0.15) is 5.10 Å². The van der Waals surface area contributed by atoms with Gasteiger partial charge in [0, 0.05) is 18.5 Å². The number of nitrogens with zero attached hydrogens (tertiary/aromatic N) is 2. The second kappa shape index (κ2) is 6.85. The van der Waals surface area contributed by atoms with E-state index in [0.717, 1.165) is 12.5 Å². The van der Waals surface area contributed by atoms with Gasteiger partial charge in [0.05, 0.1) is 11.7 Å². The number of unbranched alkanes of at least 4 members (excludes halogenated alkanes) is 1. The van der Waals surface area contributed by atoms with E-state index in [1.165, 1.54) is 69.3 Å². The number of fused-ring (bicyclic) bond motifs is 1. The lowest BCUT2D eigenvalue weighted by atomic mass is 9.94. The molecule has 0 radical (unpaired) electrons. The van der Waals surface area contributed by atoms with Crippen LogP contribution in [0, 0.1) is 5.92 Å². The van der Waals surface area contributed by atoms with Gasteiger partial charge in [0.2, 0.25) is 0 Å². The van der Waals surface area contributed by atoms with Crippen LogP contribution in [0.25, 0.3) is 0 Å². The molecule has 118 valence electrons. The summed E-state index contributed by atoms with van der Waals surface area (Å²) < 4.78 is 2.35. The summed E-state index contributed by atoms with van der Waals surface area (Å²) >= 11 is 0. The lowest BCUT2D eigenvalue weighted by Crippen LogP contribution is -2.28. The van der Waals surface area contributed by atoms with Crippen molar-refractivity contribution in [3.05, 3.63) is 11.8 Å². The third-order valence-corrected chi connectivity index (χ3v) is 5.58. The molecule has 0 spiro atoms. The highest BCUT2D eigenvalue weighted by atomic mass is 15.4. The Balaban J connectivity index is 1.79. The molecule has 3 rings (SSSR count). The Labute approximate surface area is 129 Å². The van der Waals surface area contributed by atoms with E-state index in [4.69, 9.17) is 5.10 Å². The zero-order chi connectivity index (χ0) is 14.7. The molecular formula is C18H31N3. The Morgan fingerprint density at radius 3 is 2.81 bits per heavy atom. The average Bonchev–Trinajstić information content (AvgIpc) is 3.17. The molecule has 3 heteroatoms. The van der Waals surface area contributed by atoms with Gasteiger partial charge in [-0.3, -0.25) is 0 Å². The van der Waals surface area contributed by atoms with Crippen molar-refractivity contribution in [1.29, 1.82) is 0 Å². The van der Waals surface area contributed by atoms with Crippen LogP contribution in [0.3, 0.4) is 0 Å². The number of aromatic nitrogens is 2. The number of rotatable bonds is 6. The van der Waals surface area contributed by atoms with Crippen molar-refractivity contribution in [1.82, 2.24) is 9.78 Å². The van der Waals surface area contributed by atoms with Gasteiger partial charge in [-0.15, -0.1) is 0 Å². The Bertz CT molecular complexity index is 445. The summed E-state index contributed by atoms with van der Waals surface area (Å²) in [5, 5.41) is 8.63. The zero-order valence-corrected chi connectivity index (χ0v) is 13.8. The summed E-state index contributed by atoms with van der Waals surface area (Å²) in [6, 6.07) is 2.99. The summed E-state index contributed by atoms with van der Waals surface area (Å²) in [6.45, 7) is 5.71. The largest absolute Gasteiger partial charge is 0.370 e. The van der Waals surface area contributed by atoms with Crippen LogP contribution < -0.4 is 5.32 Å². The van der Waals surface area contributed by atoms with Crippen molar-refractivity contribution in [2.75, 3.05) is 11.9 Å². The first-order valence-electron chi connectivity index (χ1n) is 9.16. The second-order valence-electron chi connectivity index (χ2n) is 6.97. The van der Waals surface area contributed by atoms with E-state index < -0.39 is 0 Å². The van der Waals surface area contributed by atoms with E-state index in [2.05, 4.69) is 29.9 Å². The molecule has 0 bridgehead atoms. The van der Waals surface area contributed by atoms with Crippen molar-refractivity contribution >= 4 is 5.82 Å². The summed E-state index contributed by atoms with van der Waals surface area (Å²) in [5.41, 5.74) is 1.33. The van der Waals surface area contributed by atoms with E-state index in [0.29, 0.717) is 12.0 Å². The summed E-state index contributed by atoms with van der Waals surface area (Å²) in [4.78, 5) is 0. The summed E-state index contributed by atoms with van der Waals surface area (Å²) in [7, 11) is 0. The molecule has 1 aliphatic carbocycles. The molecule has 3 nitrogen and oxygen atoms in total. The Hall–Kier alpha value is -0.990. The van der Waals surface area contributed by atoms with Crippen LogP contribution in [0.15, 0.2) is 6.07 Å². The first-order chi connectivity index (χ1) is 10.3. The highest BCUT2D eigenvalue weighted by Gasteiger charge is 2.31. The second-order valence-corrected chi connectivity index (χ2v) is 6.97. The molecular weight excluding hydrogens is 258 g/mol. The van der Waals surface area contributed by atoms with Gasteiger partial charge < -0.3 is 5.32 Å². The summed E-state index contributed by atoms with van der Waals surface area (Å²) in [5.74, 6) is 2.80. The first-order valence-corrected chi connectivity index (χ1v) is 9.16. The Kier molecular flexibility index (Phi) is 4.87. The molecule has 0 amide bonds. The molecule has 21 heavy (non-hydrogen) atoms. The van der Waals surface area contributed by atoms with Gasteiger partial charge in [0.1, 0.15) is 5.82 Å². The molecule has 2 heterocycles. The van der Waals surface area contributed by atoms with Crippen molar-refractivity contribution in [2.45, 2.75) is 83.6 Å². The normalized spacial score (nSPS) is 23.8. The minimum absolute atomic E-state index is 0.647. The average molecular weight is 289 g/mol. The topological polar surface area (TPSA) is 29.9 Å². The van der Waals surface area contributed by atoms with E-state index >= 15 is 0 Å². The van der Waals surface area contributed by atoms with Crippen molar-refractivity contribution in [2.24, 2.45) is 5.92 Å². The third kappa shape index (κ3) is 3.12. The van der Waals surface area contributed by atoms with E-state index in [9.17, 15) is 0 Å². The van der Waals surface area contributed by atoms with Gasteiger partial charge in [-0.05, 0) is 38.0 Å². The van der Waals surface area contributed by atoms with Gasteiger partial charge in [-0.1, -0.05) is 39.5 Å². The number of hydrogen-bond donors (Lipinski definition) is 1. The molecule has 1 saturated carbocycles. The lowest BCUT2D eigenvalue weighted by molar-refractivity contribution is 0.288. The fourth-order valence-electron chi connectivity index (χ4n) is 4.26. The standard InChI is InChI=1S/C18H31N3/c1-3-5-8-14(4-2)16-13-18-19-12-11-17(21(18)20-16)15-9-6-7-10-15/h13-15,17,19H,3-12H2,1-2H3. The van der Waals surface area contributed by atoms with Crippen LogP contribution in [-0.2, 0) is 0 Å². The van der Waals surface area contributed by atoms with Crippen LogP contribution in [0.4, 0.5) is 5.82 Å². The predicted molar refractivity (Wildman–Crippen MR) is 88.9 cm³/mol. The van der Waals surface area contributed by atoms with E-state index in [-0.39, 0.29) is 0 Å².